The molecule has 0 saturated heterocycles. The maximum atomic E-state index is 12.9. The molecule has 3 rings (SSSR count). The van der Waals surface area contributed by atoms with Crippen LogP contribution in [0.4, 0.5) is 0 Å². The molecule has 1 saturated carbocycles. The molecule has 0 spiro atoms. The molecule has 1 aliphatic carbocycles. The lowest BCUT2D eigenvalue weighted by Gasteiger charge is -2.33. The highest BCUT2D eigenvalue weighted by Gasteiger charge is 2.32. The monoisotopic (exact) mass is 384 g/mol. The van der Waals surface area contributed by atoms with Crippen LogP contribution in [0.1, 0.15) is 69.0 Å². The van der Waals surface area contributed by atoms with E-state index in [1.807, 2.05) is 30.3 Å². The van der Waals surface area contributed by atoms with Crippen molar-refractivity contribution in [3.63, 3.8) is 0 Å². The summed E-state index contributed by atoms with van der Waals surface area (Å²) in [6.07, 6.45) is 8.89. The Kier molecular flexibility index (Phi) is 6.49. The van der Waals surface area contributed by atoms with E-state index in [4.69, 9.17) is 0 Å². The van der Waals surface area contributed by atoms with E-state index in [1.54, 1.807) is 11.1 Å². The van der Waals surface area contributed by atoms with Gasteiger partial charge in [0.05, 0.1) is 18.4 Å². The van der Waals surface area contributed by atoms with Crippen molar-refractivity contribution in [3.8, 4) is 0 Å². The molecular weight excluding hydrogens is 356 g/mol. The predicted molar refractivity (Wildman–Crippen MR) is 106 cm³/mol. The molecule has 3 atom stereocenters. The Morgan fingerprint density at radius 1 is 1.11 bits per heavy atom. The second kappa shape index (κ2) is 9.04. The molecule has 150 valence electrons. The average molecular weight is 384 g/mol. The summed E-state index contributed by atoms with van der Waals surface area (Å²) in [5.41, 5.74) is 1.93. The highest BCUT2D eigenvalue weighted by molar-refractivity contribution is 5.82. The van der Waals surface area contributed by atoms with Gasteiger partial charge in [-0.25, -0.2) is 0 Å². The van der Waals surface area contributed by atoms with Crippen molar-refractivity contribution in [1.82, 2.24) is 10.2 Å². The quantitative estimate of drug-likeness (QED) is 0.832. The van der Waals surface area contributed by atoms with Crippen LogP contribution in [0.3, 0.4) is 0 Å². The van der Waals surface area contributed by atoms with E-state index >= 15 is 0 Å². The van der Waals surface area contributed by atoms with Crippen LogP contribution in [-0.4, -0.2) is 33.8 Å². The summed E-state index contributed by atoms with van der Waals surface area (Å²) in [4.78, 5) is 38.2. The van der Waals surface area contributed by atoms with E-state index in [9.17, 15) is 19.5 Å². The van der Waals surface area contributed by atoms with Gasteiger partial charge in [0.15, 0.2) is 0 Å². The molecule has 3 unspecified atom stereocenters. The third-order valence-corrected chi connectivity index (χ3v) is 5.78. The van der Waals surface area contributed by atoms with Gasteiger partial charge in [-0.2, -0.15) is 0 Å². The minimum absolute atomic E-state index is 0.115. The van der Waals surface area contributed by atoms with Gasteiger partial charge < -0.3 is 15.3 Å². The molecule has 1 aromatic carbocycles. The summed E-state index contributed by atoms with van der Waals surface area (Å²) in [7, 11) is 0. The van der Waals surface area contributed by atoms with Gasteiger partial charge >= 0.3 is 5.97 Å². The fourth-order valence-electron chi connectivity index (χ4n) is 4.31. The number of carboxylic acid groups (broad SMARTS) is 1. The summed E-state index contributed by atoms with van der Waals surface area (Å²) in [6, 6.07) is 6.99. The number of nitrogens with one attached hydrogen (secondary N) is 1. The van der Waals surface area contributed by atoms with Crippen molar-refractivity contribution in [2.45, 2.75) is 64.0 Å². The first kappa shape index (κ1) is 20.1. The molecule has 2 N–H and O–H groups in total. The number of rotatable bonds is 4. The van der Waals surface area contributed by atoms with Crippen LogP contribution in [0.25, 0.3) is 6.08 Å². The second-order valence-corrected chi connectivity index (χ2v) is 7.70. The lowest BCUT2D eigenvalue weighted by molar-refractivity contribution is -0.143. The molecule has 0 radical (unpaired) electrons. The Balaban J connectivity index is 1.75. The Morgan fingerprint density at radius 3 is 2.54 bits per heavy atom. The SMILES string of the molecule is CC(=O)N1C=Cc2ccccc2C1CC(=O)NC1CCCCCCC1C(=O)O. The molecule has 1 heterocycles. The number of hydrogen-bond acceptors (Lipinski definition) is 3. The molecule has 6 heteroatoms. The molecule has 0 aromatic heterocycles. The largest absolute Gasteiger partial charge is 0.481 e. The number of benzene rings is 1. The van der Waals surface area contributed by atoms with Gasteiger partial charge in [-0.1, -0.05) is 49.9 Å². The normalized spacial score (nSPS) is 24.6. The molecule has 1 aliphatic heterocycles. The third kappa shape index (κ3) is 4.61. The van der Waals surface area contributed by atoms with Crippen LogP contribution in [0.2, 0.25) is 0 Å². The first-order valence-electron chi connectivity index (χ1n) is 10.1. The number of amides is 2. The van der Waals surface area contributed by atoms with Crippen LogP contribution in [-0.2, 0) is 14.4 Å². The molecule has 1 fully saturated rings. The molecule has 2 aliphatic rings. The maximum absolute atomic E-state index is 12.9. The zero-order chi connectivity index (χ0) is 20.1. The topological polar surface area (TPSA) is 86.7 Å². The van der Waals surface area contributed by atoms with E-state index in [2.05, 4.69) is 5.32 Å². The van der Waals surface area contributed by atoms with Crippen LogP contribution < -0.4 is 5.32 Å². The predicted octanol–water partition coefficient (Wildman–Crippen LogP) is 3.49. The summed E-state index contributed by atoms with van der Waals surface area (Å²) in [5.74, 6) is -1.73. The summed E-state index contributed by atoms with van der Waals surface area (Å²) in [5, 5.41) is 12.6. The highest BCUT2D eigenvalue weighted by Crippen LogP contribution is 2.33. The first-order valence-corrected chi connectivity index (χ1v) is 10.1. The van der Waals surface area contributed by atoms with Gasteiger partial charge in [0.25, 0.3) is 0 Å². The summed E-state index contributed by atoms with van der Waals surface area (Å²) < 4.78 is 0. The number of aliphatic carboxylic acids is 1. The number of carbonyl (C=O) groups is 3. The van der Waals surface area contributed by atoms with Crippen molar-refractivity contribution in [2.75, 3.05) is 0 Å². The minimum atomic E-state index is -0.844. The zero-order valence-electron chi connectivity index (χ0n) is 16.3. The average Bonchev–Trinajstić information content (AvgIpc) is 2.63. The Bertz CT molecular complexity index is 774. The van der Waals surface area contributed by atoms with Crippen molar-refractivity contribution in [3.05, 3.63) is 41.6 Å². The van der Waals surface area contributed by atoms with Crippen LogP contribution >= 0.6 is 0 Å². The molecule has 0 bridgehead atoms. The summed E-state index contributed by atoms with van der Waals surface area (Å²) in [6.45, 7) is 1.48. The second-order valence-electron chi connectivity index (χ2n) is 7.70. The van der Waals surface area contributed by atoms with Crippen molar-refractivity contribution in [2.24, 2.45) is 5.92 Å². The highest BCUT2D eigenvalue weighted by atomic mass is 16.4. The number of hydrogen-bond donors (Lipinski definition) is 2. The Labute approximate surface area is 165 Å². The van der Waals surface area contributed by atoms with Crippen molar-refractivity contribution in [1.29, 1.82) is 0 Å². The lowest BCUT2D eigenvalue weighted by Crippen LogP contribution is -2.45. The smallest absolute Gasteiger partial charge is 0.308 e. The minimum Gasteiger partial charge on any atom is -0.481 e. The molecule has 1 aromatic rings. The Morgan fingerprint density at radius 2 is 1.82 bits per heavy atom. The van der Waals surface area contributed by atoms with Gasteiger partial charge in [0, 0.05) is 19.2 Å². The number of nitrogens with zero attached hydrogens (tertiary/aromatic N) is 1. The van der Waals surface area contributed by atoms with E-state index in [-0.39, 0.29) is 30.3 Å². The van der Waals surface area contributed by atoms with Gasteiger partial charge in [-0.15, -0.1) is 0 Å². The standard InChI is InChI=1S/C22H28N2O4/c1-15(25)24-13-12-16-8-6-7-9-17(16)20(24)14-21(26)23-19-11-5-3-2-4-10-18(19)22(27)28/h6-9,12-13,18-20H,2-5,10-11,14H2,1H3,(H,23,26)(H,27,28). The van der Waals surface area contributed by atoms with Crippen molar-refractivity contribution < 1.29 is 19.5 Å². The van der Waals surface area contributed by atoms with Crippen molar-refractivity contribution >= 4 is 23.9 Å². The summed E-state index contributed by atoms with van der Waals surface area (Å²) >= 11 is 0. The molecular formula is C22H28N2O4. The van der Waals surface area contributed by atoms with Crippen LogP contribution in [0, 0.1) is 5.92 Å². The van der Waals surface area contributed by atoms with Gasteiger partial charge in [-0.3, -0.25) is 14.4 Å². The third-order valence-electron chi connectivity index (χ3n) is 5.78. The zero-order valence-corrected chi connectivity index (χ0v) is 16.3. The van der Waals surface area contributed by atoms with Gasteiger partial charge in [0.2, 0.25) is 11.8 Å². The first-order chi connectivity index (χ1) is 13.5. The molecule has 6 nitrogen and oxygen atoms in total. The number of carboxylic acids is 1. The Hall–Kier alpha value is -2.63. The fraction of sp³-hybridized carbons (Fsp3) is 0.500. The van der Waals surface area contributed by atoms with Gasteiger partial charge in [-0.05, 0) is 30.0 Å². The van der Waals surface area contributed by atoms with E-state index < -0.39 is 11.9 Å². The van der Waals surface area contributed by atoms with E-state index in [1.165, 1.54) is 6.92 Å². The number of carbonyl (C=O) groups excluding carboxylic acids is 2. The van der Waals surface area contributed by atoms with Crippen LogP contribution in [0.5, 0.6) is 0 Å². The fourth-order valence-corrected chi connectivity index (χ4v) is 4.31. The molecule has 2 amide bonds. The maximum Gasteiger partial charge on any atom is 0.308 e. The van der Waals surface area contributed by atoms with E-state index in [0.717, 1.165) is 36.8 Å². The van der Waals surface area contributed by atoms with Crippen LogP contribution in [0.15, 0.2) is 30.5 Å². The lowest BCUT2D eigenvalue weighted by atomic mass is 9.86. The number of fused-ring (bicyclic) bond motifs is 1. The molecule has 28 heavy (non-hydrogen) atoms. The van der Waals surface area contributed by atoms with E-state index in [0.29, 0.717) is 12.8 Å². The van der Waals surface area contributed by atoms with Gasteiger partial charge in [0.1, 0.15) is 0 Å².